The summed E-state index contributed by atoms with van der Waals surface area (Å²) in [4.78, 5) is 16.8. The lowest BCUT2D eigenvalue weighted by Gasteiger charge is -2.24. The van der Waals surface area contributed by atoms with Crippen LogP contribution >= 0.6 is 20.7 Å². The second-order valence-electron chi connectivity index (χ2n) is 6.60. The minimum atomic E-state index is -0.347. The summed E-state index contributed by atoms with van der Waals surface area (Å²) in [6.07, 6.45) is 7.78. The van der Waals surface area contributed by atoms with Gasteiger partial charge in [0, 0.05) is 37.6 Å². The zero-order chi connectivity index (χ0) is 19.1. The van der Waals surface area contributed by atoms with E-state index in [0.29, 0.717) is 6.61 Å². The van der Waals surface area contributed by atoms with Crippen molar-refractivity contribution in [3.8, 4) is 0 Å². The lowest BCUT2D eigenvalue weighted by Crippen LogP contribution is -2.33. The monoisotopic (exact) mass is 481 g/mol. The van der Waals surface area contributed by atoms with E-state index in [9.17, 15) is 4.79 Å². The number of anilines is 2. The van der Waals surface area contributed by atoms with Crippen LogP contribution in [0.4, 0.5) is 11.4 Å². The third-order valence-electron chi connectivity index (χ3n) is 4.65. The summed E-state index contributed by atoms with van der Waals surface area (Å²) in [7, 11) is 0. The van der Waals surface area contributed by atoms with Crippen molar-refractivity contribution in [2.75, 3.05) is 43.0 Å². The molecule has 1 aromatic rings. The Bertz CT molecular complexity index is 727. The summed E-state index contributed by atoms with van der Waals surface area (Å²) in [5, 5.41) is 3.20. The fourth-order valence-corrected chi connectivity index (χ4v) is 5.33. The molecule has 2 heterocycles. The molecule has 1 saturated heterocycles. The number of carbonyl (C=O) groups excluding carboxylic acids is 1. The summed E-state index contributed by atoms with van der Waals surface area (Å²) in [6, 6.07) is 8.02. The molecule has 1 N–H and O–H groups in total. The minimum Gasteiger partial charge on any atom is -0.464 e. The summed E-state index contributed by atoms with van der Waals surface area (Å²) in [6.45, 7) is 8.38. The van der Waals surface area contributed by atoms with E-state index in [2.05, 4.69) is 49.6 Å². The number of halogens is 1. The fourth-order valence-electron chi connectivity index (χ4n) is 3.22. The highest BCUT2D eigenvalue weighted by Gasteiger charge is 2.18. The number of carbonyl (C=O) groups is 1. The number of benzene rings is 1. The first-order chi connectivity index (χ1) is 13.2. The number of nitrogens with zero attached hydrogens (tertiary/aromatic N) is 2. The Balaban J connectivity index is 1.57. The first-order valence-corrected chi connectivity index (χ1v) is 11.9. The van der Waals surface area contributed by atoms with E-state index < -0.39 is 0 Å². The van der Waals surface area contributed by atoms with Crippen LogP contribution < -0.4 is 10.2 Å². The van der Waals surface area contributed by atoms with Gasteiger partial charge >= 0.3 is 5.97 Å². The van der Waals surface area contributed by atoms with Gasteiger partial charge in [-0.2, -0.15) is 0 Å². The summed E-state index contributed by atoms with van der Waals surface area (Å²) >= 11 is 0.0304. The molecule has 3 rings (SSSR count). The van der Waals surface area contributed by atoms with Gasteiger partial charge in [-0.25, -0.2) is 4.79 Å². The second kappa shape index (κ2) is 10.0. The van der Waals surface area contributed by atoms with Gasteiger partial charge in [0.1, 0.15) is 6.04 Å². The third kappa shape index (κ3) is 5.65. The van der Waals surface area contributed by atoms with Gasteiger partial charge in [-0.05, 0) is 54.7 Å². The smallest absolute Gasteiger partial charge is 0.328 e. The van der Waals surface area contributed by atoms with Crippen LogP contribution in [0.5, 0.6) is 0 Å². The topological polar surface area (TPSA) is 44.8 Å². The number of allylic oxidation sites excluding steroid dienone is 2. The van der Waals surface area contributed by atoms with Crippen LogP contribution in [0, 0.1) is 0 Å². The van der Waals surface area contributed by atoms with Crippen LogP contribution in [-0.2, 0) is 9.53 Å². The molecule has 2 aliphatic heterocycles. The van der Waals surface area contributed by atoms with Crippen molar-refractivity contribution in [3.05, 3.63) is 46.6 Å². The maximum atomic E-state index is 11.8. The molecule has 0 saturated carbocycles. The molecule has 0 aromatic heterocycles. The third-order valence-corrected chi connectivity index (χ3v) is 7.10. The van der Waals surface area contributed by atoms with Gasteiger partial charge in [-0.1, -0.05) is 32.9 Å². The first kappa shape index (κ1) is 20.1. The van der Waals surface area contributed by atoms with Crippen LogP contribution in [0.15, 0.2) is 46.6 Å². The fraction of sp³-hybridized carbons (Fsp3) is 0.429. The molecule has 1 atom stereocenters. The zero-order valence-electron chi connectivity index (χ0n) is 16.0. The van der Waals surface area contributed by atoms with E-state index in [1.165, 1.54) is 15.7 Å². The number of esters is 1. The van der Waals surface area contributed by atoms with Crippen LogP contribution in [0.25, 0.3) is 0 Å². The van der Waals surface area contributed by atoms with Gasteiger partial charge in [0.2, 0.25) is 0 Å². The molecule has 1 fully saturated rings. The molecule has 1 unspecified atom stereocenters. The Hall–Kier alpha value is -1.67. The van der Waals surface area contributed by atoms with Gasteiger partial charge in [-0.15, -0.1) is 0 Å². The maximum Gasteiger partial charge on any atom is 0.328 e. The van der Waals surface area contributed by atoms with Gasteiger partial charge in [-0.3, -0.25) is 4.90 Å². The van der Waals surface area contributed by atoms with Crippen molar-refractivity contribution in [2.24, 2.45) is 0 Å². The predicted molar refractivity (Wildman–Crippen MR) is 122 cm³/mol. The average Bonchev–Trinajstić information content (AvgIpc) is 2.96. The largest absolute Gasteiger partial charge is 0.464 e. The predicted octanol–water partition coefficient (Wildman–Crippen LogP) is 3.75. The molecular weight excluding hydrogens is 453 g/mol. The minimum absolute atomic E-state index is 0.0304. The first-order valence-electron chi connectivity index (χ1n) is 9.54. The number of rotatable bonds is 6. The molecule has 1 aromatic carbocycles. The maximum absolute atomic E-state index is 11.8. The van der Waals surface area contributed by atoms with Crippen LogP contribution in [-0.4, -0.2) is 53.3 Å². The average molecular weight is 481 g/mol. The highest BCUT2D eigenvalue weighted by atomic mass is 127. The van der Waals surface area contributed by atoms with Crippen molar-refractivity contribution < 1.29 is 9.53 Å². The Labute approximate surface area is 171 Å². The zero-order valence-corrected chi connectivity index (χ0v) is 18.2. The molecule has 6 heteroatoms. The SMILES string of the molecule is CCOC(=O)C(C)Nc1ccc(N2CCCN(C3=IC=CC=C3)CC2)cc1. The van der Waals surface area contributed by atoms with Gasteiger partial charge < -0.3 is 15.0 Å². The van der Waals surface area contributed by atoms with E-state index in [-0.39, 0.29) is 32.7 Å². The number of nitrogens with one attached hydrogen (secondary N) is 1. The number of hydrogen-bond donors (Lipinski definition) is 1. The molecule has 0 radical (unpaired) electrons. The van der Waals surface area contributed by atoms with Crippen LogP contribution in [0.2, 0.25) is 0 Å². The van der Waals surface area contributed by atoms with Crippen molar-refractivity contribution in [2.45, 2.75) is 26.3 Å². The van der Waals surface area contributed by atoms with E-state index in [1.54, 1.807) is 0 Å². The summed E-state index contributed by atoms with van der Waals surface area (Å²) < 4.78 is 8.91. The lowest BCUT2D eigenvalue weighted by atomic mass is 10.2. The molecule has 5 nitrogen and oxygen atoms in total. The summed E-state index contributed by atoms with van der Waals surface area (Å²) in [5.74, 6) is -0.221. The number of hydrogen-bond acceptors (Lipinski definition) is 5. The molecule has 0 bridgehead atoms. The van der Waals surface area contributed by atoms with Gasteiger partial charge in [0.25, 0.3) is 0 Å². The Morgan fingerprint density at radius 1 is 1.15 bits per heavy atom. The molecular formula is C21H28IN3O2. The van der Waals surface area contributed by atoms with Gasteiger partial charge in [0.05, 0.1) is 10.2 Å². The molecule has 2 aliphatic rings. The standard InChI is InChI=1S/C21H28IN3O2/c1-3-27-21(26)17(2)23-18-8-10-19(11-9-18)24-13-6-14-25(16-15-24)20-7-4-5-12-22-20/h4-5,7-12,17,23H,3,6,13-16H2,1-2H3. The van der Waals surface area contributed by atoms with Crippen molar-refractivity contribution in [1.82, 2.24) is 4.90 Å². The van der Waals surface area contributed by atoms with Crippen LogP contribution in [0.3, 0.4) is 0 Å². The quantitative estimate of drug-likeness (QED) is 0.496. The normalized spacial score (nSPS) is 18.9. The van der Waals surface area contributed by atoms with E-state index in [4.69, 9.17) is 4.74 Å². The highest BCUT2D eigenvalue weighted by Crippen LogP contribution is 2.21. The van der Waals surface area contributed by atoms with Crippen LogP contribution in [0.1, 0.15) is 20.3 Å². The Kier molecular flexibility index (Phi) is 7.46. The lowest BCUT2D eigenvalue weighted by molar-refractivity contribution is -0.143. The number of ether oxygens (including phenoxy) is 1. The summed E-state index contributed by atoms with van der Waals surface area (Å²) in [5.41, 5.74) is 2.18. The Morgan fingerprint density at radius 3 is 2.59 bits per heavy atom. The molecule has 0 aliphatic carbocycles. The van der Waals surface area contributed by atoms with E-state index in [1.807, 2.05) is 26.0 Å². The molecule has 0 spiro atoms. The molecule has 27 heavy (non-hydrogen) atoms. The molecule has 0 amide bonds. The highest BCUT2D eigenvalue weighted by molar-refractivity contribution is 14.2. The van der Waals surface area contributed by atoms with Gasteiger partial charge in [0.15, 0.2) is 0 Å². The van der Waals surface area contributed by atoms with Crippen molar-refractivity contribution >= 4 is 41.7 Å². The molecule has 146 valence electrons. The second-order valence-corrected chi connectivity index (χ2v) is 9.05. The Morgan fingerprint density at radius 2 is 1.89 bits per heavy atom. The van der Waals surface area contributed by atoms with Crippen molar-refractivity contribution in [1.29, 1.82) is 0 Å². The van der Waals surface area contributed by atoms with E-state index >= 15 is 0 Å². The van der Waals surface area contributed by atoms with Crippen molar-refractivity contribution in [3.63, 3.8) is 0 Å². The van der Waals surface area contributed by atoms with E-state index in [0.717, 1.165) is 31.9 Å².